The third-order valence-corrected chi connectivity index (χ3v) is 2.82. The van der Waals surface area contributed by atoms with E-state index in [0.717, 1.165) is 11.1 Å². The molecule has 0 aliphatic heterocycles. The summed E-state index contributed by atoms with van der Waals surface area (Å²) in [4.78, 5) is 0. The van der Waals surface area contributed by atoms with Gasteiger partial charge in [-0.15, -0.1) is 6.42 Å². The Balaban J connectivity index is 4.77. The lowest BCUT2D eigenvalue weighted by Gasteiger charge is -2.13. The Bertz CT molecular complexity index is 320. The topological polar surface area (TPSA) is 0 Å². The van der Waals surface area contributed by atoms with Gasteiger partial charge in [0.25, 0.3) is 0 Å². The molecule has 0 N–H and O–H groups in total. The van der Waals surface area contributed by atoms with Crippen molar-refractivity contribution >= 4 is 0 Å². The quantitative estimate of drug-likeness (QED) is 0.438. The number of allylic oxidation sites excluding steroid dienone is 5. The molecule has 0 fully saturated rings. The lowest BCUT2D eigenvalue weighted by atomic mass is 9.92. The minimum absolute atomic E-state index is 0.577. The van der Waals surface area contributed by atoms with Crippen LogP contribution in [0, 0.1) is 18.3 Å². The molecule has 0 aromatic carbocycles. The largest absolute Gasteiger partial charge is 0.115 e. The molecule has 0 heteroatoms. The van der Waals surface area contributed by atoms with E-state index in [2.05, 4.69) is 45.4 Å². The highest BCUT2D eigenvalue weighted by Gasteiger charge is 2.06. The lowest BCUT2D eigenvalue weighted by Crippen LogP contribution is -1.98. The van der Waals surface area contributed by atoms with E-state index in [1.54, 1.807) is 0 Å². The minimum atomic E-state index is 0.577. The van der Waals surface area contributed by atoms with Crippen LogP contribution in [0.2, 0.25) is 0 Å². The van der Waals surface area contributed by atoms with Gasteiger partial charge in [-0.2, -0.15) is 0 Å². The maximum absolute atomic E-state index is 5.47. The lowest BCUT2D eigenvalue weighted by molar-refractivity contribution is 0.580. The van der Waals surface area contributed by atoms with Crippen molar-refractivity contribution < 1.29 is 0 Å². The molecular formula is C16H24. The summed E-state index contributed by atoms with van der Waals surface area (Å²) in [5, 5.41) is 0. The molecule has 0 aromatic rings. The first-order chi connectivity index (χ1) is 7.56. The van der Waals surface area contributed by atoms with Crippen molar-refractivity contribution in [2.75, 3.05) is 0 Å². The van der Waals surface area contributed by atoms with Crippen LogP contribution in [-0.4, -0.2) is 0 Å². The molecule has 0 heterocycles. The van der Waals surface area contributed by atoms with Gasteiger partial charge in [0, 0.05) is 5.57 Å². The van der Waals surface area contributed by atoms with Crippen molar-refractivity contribution in [1.82, 2.24) is 0 Å². The predicted octanol–water partition coefficient (Wildman–Crippen LogP) is 4.89. The zero-order chi connectivity index (χ0) is 12.6. The van der Waals surface area contributed by atoms with Gasteiger partial charge in [0.05, 0.1) is 0 Å². The molecule has 88 valence electrons. The highest BCUT2D eigenvalue weighted by atomic mass is 14.1. The Hall–Kier alpha value is -1.22. The molecule has 1 atom stereocenters. The van der Waals surface area contributed by atoms with E-state index in [1.807, 2.05) is 6.92 Å². The number of terminal acetylenes is 1. The van der Waals surface area contributed by atoms with Crippen LogP contribution in [-0.2, 0) is 0 Å². The molecule has 0 aliphatic carbocycles. The molecule has 16 heavy (non-hydrogen) atoms. The van der Waals surface area contributed by atoms with E-state index < -0.39 is 0 Å². The Morgan fingerprint density at radius 1 is 1.50 bits per heavy atom. The van der Waals surface area contributed by atoms with E-state index in [1.165, 1.54) is 24.8 Å². The SMILES string of the molecule is C#C/C(=C/C(=C\C)C(C)CCCC)C(=C)C. The predicted molar refractivity (Wildman–Crippen MR) is 74.2 cm³/mol. The molecule has 0 nitrogen and oxygen atoms in total. The highest BCUT2D eigenvalue weighted by molar-refractivity contribution is 5.46. The molecule has 0 rings (SSSR count). The maximum Gasteiger partial charge on any atom is 0.0268 e. The normalized spacial score (nSPS) is 14.4. The molecule has 0 saturated heterocycles. The van der Waals surface area contributed by atoms with Gasteiger partial charge in [0.1, 0.15) is 0 Å². The van der Waals surface area contributed by atoms with Crippen LogP contribution < -0.4 is 0 Å². The number of rotatable bonds is 6. The van der Waals surface area contributed by atoms with E-state index >= 15 is 0 Å². The molecule has 0 amide bonds. The first-order valence-corrected chi connectivity index (χ1v) is 6.07. The number of unbranched alkanes of at least 4 members (excludes halogenated alkanes) is 1. The van der Waals surface area contributed by atoms with Gasteiger partial charge < -0.3 is 0 Å². The molecule has 0 spiro atoms. The first-order valence-electron chi connectivity index (χ1n) is 6.07. The summed E-state index contributed by atoms with van der Waals surface area (Å²) in [6.07, 6.45) is 13.5. The molecule has 0 aromatic heterocycles. The molecule has 0 aliphatic rings. The number of hydrogen-bond acceptors (Lipinski definition) is 0. The fraction of sp³-hybridized carbons (Fsp3) is 0.500. The van der Waals surface area contributed by atoms with Crippen molar-refractivity contribution in [3.05, 3.63) is 35.5 Å². The zero-order valence-corrected chi connectivity index (χ0v) is 11.1. The second-order valence-corrected chi connectivity index (χ2v) is 4.31. The Kier molecular flexibility index (Phi) is 7.38. The van der Waals surface area contributed by atoms with Gasteiger partial charge in [0.2, 0.25) is 0 Å². The fourth-order valence-corrected chi connectivity index (χ4v) is 1.64. The van der Waals surface area contributed by atoms with Crippen molar-refractivity contribution in [3.63, 3.8) is 0 Å². The first kappa shape index (κ1) is 14.8. The highest BCUT2D eigenvalue weighted by Crippen LogP contribution is 2.21. The molecule has 0 bridgehead atoms. The summed E-state index contributed by atoms with van der Waals surface area (Å²) in [5.74, 6) is 3.27. The zero-order valence-electron chi connectivity index (χ0n) is 11.1. The summed E-state index contributed by atoms with van der Waals surface area (Å²) >= 11 is 0. The van der Waals surface area contributed by atoms with Gasteiger partial charge in [0.15, 0.2) is 0 Å². The van der Waals surface area contributed by atoms with E-state index in [4.69, 9.17) is 6.42 Å². The van der Waals surface area contributed by atoms with E-state index in [0.29, 0.717) is 5.92 Å². The molecule has 0 saturated carbocycles. The van der Waals surface area contributed by atoms with Crippen molar-refractivity contribution in [2.45, 2.75) is 47.0 Å². The third kappa shape index (κ3) is 5.03. The summed E-state index contributed by atoms with van der Waals surface area (Å²) in [5.41, 5.74) is 3.20. The van der Waals surface area contributed by atoms with E-state index in [9.17, 15) is 0 Å². The summed E-state index contributed by atoms with van der Waals surface area (Å²) in [6, 6.07) is 0. The van der Waals surface area contributed by atoms with Gasteiger partial charge >= 0.3 is 0 Å². The van der Waals surface area contributed by atoms with Crippen molar-refractivity contribution in [1.29, 1.82) is 0 Å². The summed E-state index contributed by atoms with van der Waals surface area (Å²) in [7, 11) is 0. The summed E-state index contributed by atoms with van der Waals surface area (Å²) < 4.78 is 0. The smallest absolute Gasteiger partial charge is 0.0268 e. The van der Waals surface area contributed by atoms with Gasteiger partial charge in [-0.25, -0.2) is 0 Å². The van der Waals surface area contributed by atoms with Crippen LogP contribution >= 0.6 is 0 Å². The van der Waals surface area contributed by atoms with Crippen LogP contribution in [0.15, 0.2) is 35.5 Å². The third-order valence-electron chi connectivity index (χ3n) is 2.82. The summed E-state index contributed by atoms with van der Waals surface area (Å²) in [6.45, 7) is 12.4. The van der Waals surface area contributed by atoms with E-state index in [-0.39, 0.29) is 0 Å². The van der Waals surface area contributed by atoms with Crippen LogP contribution in [0.4, 0.5) is 0 Å². The van der Waals surface area contributed by atoms with Gasteiger partial charge in [-0.05, 0) is 43.4 Å². The Morgan fingerprint density at radius 3 is 2.50 bits per heavy atom. The van der Waals surface area contributed by atoms with Crippen LogP contribution in [0.3, 0.4) is 0 Å². The van der Waals surface area contributed by atoms with Crippen molar-refractivity contribution in [2.24, 2.45) is 5.92 Å². The van der Waals surface area contributed by atoms with Crippen LogP contribution in [0.5, 0.6) is 0 Å². The maximum atomic E-state index is 5.47. The molecular weight excluding hydrogens is 192 g/mol. The molecule has 1 unspecified atom stereocenters. The second kappa shape index (κ2) is 7.99. The number of hydrogen-bond donors (Lipinski definition) is 0. The standard InChI is InChI=1S/C16H24/c1-7-10-11-14(6)16(9-3)12-15(8-2)13(4)5/h2,9,12,14H,4,7,10-11H2,1,3,5-6H3/b15-12-,16-9+. The van der Waals surface area contributed by atoms with Gasteiger partial charge in [-0.3, -0.25) is 0 Å². The molecule has 0 radical (unpaired) electrons. The Morgan fingerprint density at radius 2 is 2.12 bits per heavy atom. The second-order valence-electron chi connectivity index (χ2n) is 4.31. The van der Waals surface area contributed by atoms with Crippen LogP contribution in [0.1, 0.15) is 47.0 Å². The Labute approximate surface area is 101 Å². The monoisotopic (exact) mass is 216 g/mol. The fourth-order valence-electron chi connectivity index (χ4n) is 1.64. The average Bonchev–Trinajstić information content (AvgIpc) is 2.27. The van der Waals surface area contributed by atoms with Gasteiger partial charge in [-0.1, -0.05) is 45.3 Å². The average molecular weight is 216 g/mol. The minimum Gasteiger partial charge on any atom is -0.115 e. The van der Waals surface area contributed by atoms with Crippen LogP contribution in [0.25, 0.3) is 0 Å². The van der Waals surface area contributed by atoms with Crippen molar-refractivity contribution in [3.8, 4) is 12.3 Å².